The summed E-state index contributed by atoms with van der Waals surface area (Å²) in [5.41, 5.74) is -0.751. The maximum absolute atomic E-state index is 13.0. The number of nitrogens with zero attached hydrogens (tertiary/aromatic N) is 1. The van der Waals surface area contributed by atoms with Crippen molar-refractivity contribution in [1.82, 2.24) is 14.9 Å². The maximum Gasteiger partial charge on any atom is 0.407 e. The molecular weight excluding hydrogens is 434 g/mol. The van der Waals surface area contributed by atoms with Gasteiger partial charge < -0.3 is 20.1 Å². The zero-order valence-electron chi connectivity index (χ0n) is 20.9. The number of ether oxygens (including phenoxy) is 1. The number of alkyl carbamates (subject to hydrolysis) is 1. The van der Waals surface area contributed by atoms with Gasteiger partial charge in [0.15, 0.2) is 0 Å². The number of hydrogen-bond acceptors (Lipinski definition) is 6. The third-order valence-corrected chi connectivity index (χ3v) is 5.99. The van der Waals surface area contributed by atoms with Crippen molar-refractivity contribution in [3.05, 3.63) is 28.8 Å². The number of aryl methyl sites for hydroxylation is 3. The van der Waals surface area contributed by atoms with Crippen molar-refractivity contribution in [3.63, 3.8) is 0 Å². The van der Waals surface area contributed by atoms with Crippen molar-refractivity contribution >= 4 is 22.1 Å². The van der Waals surface area contributed by atoms with Crippen LogP contribution in [0.5, 0.6) is 0 Å². The first kappa shape index (κ1) is 29.8. The number of carboxylic acids is 1. The second kappa shape index (κ2) is 11.6. The van der Waals surface area contributed by atoms with E-state index in [-0.39, 0.29) is 11.3 Å². The number of carbonyl (C=O) groups is 2. The van der Waals surface area contributed by atoms with Gasteiger partial charge in [-0.25, -0.2) is 13.2 Å². The van der Waals surface area contributed by atoms with E-state index >= 15 is 0 Å². The third kappa shape index (κ3) is 9.54. The Labute approximate surface area is 192 Å². The first-order chi connectivity index (χ1) is 14.4. The number of nitrogens with one attached hydrogen (secondary N) is 2. The topological polar surface area (TPSA) is 125 Å². The lowest BCUT2D eigenvalue weighted by Gasteiger charge is -2.30. The average molecular weight is 474 g/mol. The molecule has 3 N–H and O–H groups in total. The van der Waals surface area contributed by atoms with Crippen LogP contribution in [0.1, 0.15) is 50.8 Å². The second-order valence-corrected chi connectivity index (χ2v) is 10.9. The Morgan fingerprint density at radius 1 is 1.06 bits per heavy atom. The molecule has 0 fully saturated rings. The van der Waals surface area contributed by atoms with E-state index in [4.69, 9.17) is 4.74 Å². The van der Waals surface area contributed by atoms with Crippen molar-refractivity contribution in [3.8, 4) is 0 Å². The minimum atomic E-state index is -4.16. The summed E-state index contributed by atoms with van der Waals surface area (Å²) in [7, 11) is 1.84. The summed E-state index contributed by atoms with van der Waals surface area (Å²) in [5.74, 6) is -1.39. The van der Waals surface area contributed by atoms with E-state index in [1.54, 1.807) is 46.8 Å². The number of carbonyl (C=O) groups excluding carboxylic acids is 1. The molecule has 1 atom stereocenters. The standard InChI is InChI=1S/C19H30N2O6S.C3H9N/c1-8-19(16(22)23,11-20-17(24)27-18(5,6)7)21-28(25,26)15-13(3)9-12(2)10-14(15)4;1-4(2)3/h9-10,21H,8,11H2,1-7H3,(H,20,24)(H,22,23);1-3H3/t19-;/m0./s1. The minimum absolute atomic E-state index is 0.0365. The van der Waals surface area contributed by atoms with Crippen LogP contribution in [0.4, 0.5) is 4.79 Å². The van der Waals surface area contributed by atoms with Crippen LogP contribution < -0.4 is 10.0 Å². The molecule has 32 heavy (non-hydrogen) atoms. The van der Waals surface area contributed by atoms with Crippen molar-refractivity contribution in [2.75, 3.05) is 27.7 Å². The molecule has 1 rings (SSSR count). The van der Waals surface area contributed by atoms with Crippen LogP contribution in [0.2, 0.25) is 0 Å². The molecule has 0 bridgehead atoms. The predicted molar refractivity (Wildman–Crippen MR) is 125 cm³/mol. The number of carboxylic acid groups (broad SMARTS) is 1. The molecule has 1 aromatic carbocycles. The molecule has 184 valence electrons. The molecule has 0 radical (unpaired) electrons. The third-order valence-electron chi connectivity index (χ3n) is 4.15. The summed E-state index contributed by atoms with van der Waals surface area (Å²) in [5, 5.41) is 12.1. The Bertz CT molecular complexity index is 881. The van der Waals surface area contributed by atoms with Crippen LogP contribution in [0.25, 0.3) is 0 Å². The fourth-order valence-electron chi connectivity index (χ4n) is 2.94. The fourth-order valence-corrected chi connectivity index (χ4v) is 4.83. The summed E-state index contributed by atoms with van der Waals surface area (Å²) in [6.45, 7) is 11.2. The number of amides is 1. The highest BCUT2D eigenvalue weighted by Gasteiger charge is 2.42. The lowest BCUT2D eigenvalue weighted by molar-refractivity contribution is -0.144. The van der Waals surface area contributed by atoms with Crippen molar-refractivity contribution in [2.45, 2.75) is 70.9 Å². The number of aliphatic carboxylic acids is 1. The molecule has 0 aliphatic rings. The van der Waals surface area contributed by atoms with Crippen molar-refractivity contribution in [1.29, 1.82) is 0 Å². The predicted octanol–water partition coefficient (Wildman–Crippen LogP) is 2.83. The van der Waals surface area contributed by atoms with Crippen LogP contribution in [0, 0.1) is 20.8 Å². The molecule has 0 unspecified atom stereocenters. The Hall–Kier alpha value is -2.17. The average Bonchev–Trinajstić information content (AvgIpc) is 2.54. The Morgan fingerprint density at radius 3 is 1.84 bits per heavy atom. The van der Waals surface area contributed by atoms with Crippen LogP contribution in [0.15, 0.2) is 17.0 Å². The van der Waals surface area contributed by atoms with Crippen LogP contribution in [-0.2, 0) is 19.6 Å². The second-order valence-electron chi connectivity index (χ2n) is 9.27. The lowest BCUT2D eigenvalue weighted by Crippen LogP contribution is -2.60. The lowest BCUT2D eigenvalue weighted by atomic mass is 9.98. The van der Waals surface area contributed by atoms with Gasteiger partial charge in [0.1, 0.15) is 11.1 Å². The molecule has 0 heterocycles. The first-order valence-electron chi connectivity index (χ1n) is 10.3. The van der Waals surface area contributed by atoms with Gasteiger partial charge >= 0.3 is 12.1 Å². The van der Waals surface area contributed by atoms with Gasteiger partial charge in [0.2, 0.25) is 10.0 Å². The Kier molecular flexibility index (Phi) is 10.8. The zero-order chi connectivity index (χ0) is 25.5. The number of hydrogen-bond donors (Lipinski definition) is 3. The first-order valence-corrected chi connectivity index (χ1v) is 11.8. The van der Waals surface area contributed by atoms with E-state index < -0.39 is 39.8 Å². The summed E-state index contributed by atoms with van der Waals surface area (Å²) >= 11 is 0. The van der Waals surface area contributed by atoms with Crippen molar-refractivity contribution < 1.29 is 27.9 Å². The van der Waals surface area contributed by atoms with E-state index in [0.29, 0.717) is 11.1 Å². The molecule has 0 saturated heterocycles. The van der Waals surface area contributed by atoms with Gasteiger partial charge in [0.25, 0.3) is 0 Å². The van der Waals surface area contributed by atoms with Crippen LogP contribution in [0.3, 0.4) is 0 Å². The normalized spacial score (nSPS) is 13.6. The Morgan fingerprint density at radius 2 is 1.50 bits per heavy atom. The summed E-state index contributed by atoms with van der Waals surface area (Å²) in [6.07, 6.45) is -0.908. The molecular formula is C22H39N3O6S. The van der Waals surface area contributed by atoms with Gasteiger partial charge in [-0.15, -0.1) is 0 Å². The number of sulfonamides is 1. The monoisotopic (exact) mass is 473 g/mol. The molecule has 1 amide bonds. The van der Waals surface area contributed by atoms with Crippen molar-refractivity contribution in [2.24, 2.45) is 0 Å². The van der Waals surface area contributed by atoms with E-state index in [9.17, 15) is 23.1 Å². The SMILES string of the molecule is CC[C@@](CNC(=O)OC(C)(C)C)(NS(=O)(=O)c1c(C)cc(C)cc1C)C(=O)O.CN(C)C. The zero-order valence-corrected chi connectivity index (χ0v) is 21.7. The van der Waals surface area contributed by atoms with E-state index in [2.05, 4.69) is 10.0 Å². The number of rotatable bonds is 7. The Balaban J connectivity index is 0.00000220. The number of benzene rings is 1. The quantitative estimate of drug-likeness (QED) is 0.556. The summed E-state index contributed by atoms with van der Waals surface area (Å²) in [6, 6.07) is 3.43. The van der Waals surface area contributed by atoms with E-state index in [1.165, 1.54) is 6.92 Å². The molecule has 1 aromatic rings. The highest BCUT2D eigenvalue weighted by molar-refractivity contribution is 7.89. The van der Waals surface area contributed by atoms with E-state index in [1.807, 2.05) is 33.0 Å². The van der Waals surface area contributed by atoms with Crippen LogP contribution in [-0.4, -0.2) is 69.3 Å². The highest BCUT2D eigenvalue weighted by Crippen LogP contribution is 2.24. The fraction of sp³-hybridized carbons (Fsp3) is 0.636. The molecule has 0 aliphatic heterocycles. The maximum atomic E-state index is 13.0. The van der Waals surface area contributed by atoms with Gasteiger partial charge in [0.05, 0.1) is 11.4 Å². The minimum Gasteiger partial charge on any atom is -0.480 e. The van der Waals surface area contributed by atoms with Gasteiger partial charge in [-0.1, -0.05) is 24.6 Å². The van der Waals surface area contributed by atoms with Gasteiger partial charge in [-0.2, -0.15) is 4.72 Å². The molecule has 0 saturated carbocycles. The van der Waals surface area contributed by atoms with Gasteiger partial charge in [0, 0.05) is 0 Å². The molecule has 9 nitrogen and oxygen atoms in total. The molecule has 0 aliphatic carbocycles. The summed E-state index contributed by atoms with van der Waals surface area (Å²) in [4.78, 5) is 25.9. The van der Waals surface area contributed by atoms with E-state index in [0.717, 1.165) is 5.56 Å². The smallest absolute Gasteiger partial charge is 0.407 e. The summed E-state index contributed by atoms with van der Waals surface area (Å²) < 4.78 is 33.4. The van der Waals surface area contributed by atoms with Crippen LogP contribution >= 0.6 is 0 Å². The largest absolute Gasteiger partial charge is 0.480 e. The van der Waals surface area contributed by atoms with Gasteiger partial charge in [-0.3, -0.25) is 4.79 Å². The van der Waals surface area contributed by atoms with Gasteiger partial charge in [-0.05, 0) is 80.2 Å². The molecule has 0 spiro atoms. The molecule has 10 heteroatoms. The highest BCUT2D eigenvalue weighted by atomic mass is 32.2. The molecule has 0 aromatic heterocycles.